The number of alkyl halides is 3. The fraction of sp³-hybridized carbons (Fsp3) is 0.300. The maximum atomic E-state index is 13.3. The molecule has 0 spiro atoms. The summed E-state index contributed by atoms with van der Waals surface area (Å²) in [4.78, 5) is 11.1. The summed E-state index contributed by atoms with van der Waals surface area (Å²) in [6, 6.07) is 0.714. The van der Waals surface area contributed by atoms with Crippen LogP contribution in [0, 0.1) is 11.6 Å². The number of hydrogen-bond donors (Lipinski definition) is 0. The van der Waals surface area contributed by atoms with Crippen LogP contribution >= 0.6 is 0 Å². The van der Waals surface area contributed by atoms with E-state index in [1.165, 1.54) is 6.92 Å². The van der Waals surface area contributed by atoms with Gasteiger partial charge in [0.2, 0.25) is 0 Å². The van der Waals surface area contributed by atoms with E-state index in [2.05, 4.69) is 0 Å². The fourth-order valence-corrected chi connectivity index (χ4v) is 1.20. The van der Waals surface area contributed by atoms with Gasteiger partial charge in [-0.3, -0.25) is 4.79 Å². The van der Waals surface area contributed by atoms with E-state index in [1.807, 2.05) is 0 Å². The molecule has 1 aromatic rings. The molecule has 0 radical (unpaired) electrons. The molecule has 0 N–H and O–H groups in total. The highest BCUT2D eigenvalue weighted by molar-refractivity contribution is 5.96. The summed E-state index contributed by atoms with van der Waals surface area (Å²) in [6.07, 6.45) is -5.21. The van der Waals surface area contributed by atoms with Crippen molar-refractivity contribution in [1.29, 1.82) is 0 Å². The van der Waals surface area contributed by atoms with Gasteiger partial charge in [0.05, 0.1) is 11.1 Å². The van der Waals surface area contributed by atoms with Crippen LogP contribution in [0.4, 0.5) is 22.0 Å². The van der Waals surface area contributed by atoms with Crippen molar-refractivity contribution in [2.75, 3.05) is 0 Å². The van der Waals surface area contributed by atoms with Crippen molar-refractivity contribution in [3.8, 4) is 0 Å². The van der Waals surface area contributed by atoms with Gasteiger partial charge in [-0.2, -0.15) is 13.2 Å². The van der Waals surface area contributed by atoms with Gasteiger partial charge in [0.1, 0.15) is 11.6 Å². The van der Waals surface area contributed by atoms with Crippen molar-refractivity contribution in [2.45, 2.75) is 19.5 Å². The van der Waals surface area contributed by atoms with Gasteiger partial charge >= 0.3 is 6.18 Å². The quantitative estimate of drug-likeness (QED) is 0.568. The van der Waals surface area contributed by atoms with Crippen LogP contribution < -0.4 is 0 Å². The Hall–Kier alpha value is -1.46. The van der Waals surface area contributed by atoms with Crippen LogP contribution in [0.15, 0.2) is 12.1 Å². The van der Waals surface area contributed by atoms with Crippen LogP contribution in [0.2, 0.25) is 0 Å². The second-order valence-corrected chi connectivity index (χ2v) is 3.06. The molecule has 0 fully saturated rings. The molecule has 0 aliphatic carbocycles. The Labute approximate surface area is 87.9 Å². The van der Waals surface area contributed by atoms with Gasteiger partial charge in [-0.1, -0.05) is 6.92 Å². The Balaban J connectivity index is 3.45. The molecule has 0 amide bonds. The van der Waals surface area contributed by atoms with Gasteiger partial charge in [0.25, 0.3) is 0 Å². The van der Waals surface area contributed by atoms with Crippen molar-refractivity contribution in [2.24, 2.45) is 0 Å². The van der Waals surface area contributed by atoms with E-state index in [1.54, 1.807) is 0 Å². The molecule has 0 atom stereocenters. The average molecular weight is 238 g/mol. The van der Waals surface area contributed by atoms with Gasteiger partial charge in [-0.25, -0.2) is 8.78 Å². The highest BCUT2D eigenvalue weighted by atomic mass is 19.4. The number of carbonyl (C=O) groups is 1. The lowest BCUT2D eigenvalue weighted by Crippen LogP contribution is -2.14. The lowest BCUT2D eigenvalue weighted by Gasteiger charge is -2.10. The van der Waals surface area contributed by atoms with Crippen LogP contribution in [-0.4, -0.2) is 5.78 Å². The van der Waals surface area contributed by atoms with Crippen molar-refractivity contribution in [3.63, 3.8) is 0 Å². The predicted molar refractivity (Wildman–Crippen MR) is 46.0 cm³/mol. The van der Waals surface area contributed by atoms with Gasteiger partial charge < -0.3 is 0 Å². The number of Topliss-reactive ketones (excluding diaryl/α,β-unsaturated/α-hetero) is 1. The monoisotopic (exact) mass is 238 g/mol. The molecule has 0 unspecified atom stereocenters. The molecule has 0 heterocycles. The van der Waals surface area contributed by atoms with Crippen molar-refractivity contribution in [3.05, 3.63) is 34.9 Å². The molecule has 0 aliphatic rings. The van der Waals surface area contributed by atoms with E-state index in [4.69, 9.17) is 0 Å². The Morgan fingerprint density at radius 3 is 2.25 bits per heavy atom. The Kier molecular flexibility index (Phi) is 3.30. The molecule has 6 heteroatoms. The predicted octanol–water partition coefficient (Wildman–Crippen LogP) is 3.58. The molecule has 1 nitrogen and oxygen atoms in total. The smallest absolute Gasteiger partial charge is 0.294 e. The lowest BCUT2D eigenvalue weighted by atomic mass is 10.0. The van der Waals surface area contributed by atoms with Crippen LogP contribution in [0.3, 0.4) is 0 Å². The number of rotatable bonds is 2. The Morgan fingerprint density at radius 1 is 1.25 bits per heavy atom. The third-order valence-corrected chi connectivity index (χ3v) is 2.00. The number of carbonyl (C=O) groups excluding carboxylic acids is 1. The second-order valence-electron chi connectivity index (χ2n) is 3.06. The van der Waals surface area contributed by atoms with Crippen molar-refractivity contribution >= 4 is 5.78 Å². The summed E-state index contributed by atoms with van der Waals surface area (Å²) < 4.78 is 63.1. The normalized spacial score (nSPS) is 11.6. The molecule has 88 valence electrons. The van der Waals surface area contributed by atoms with E-state index in [0.29, 0.717) is 6.07 Å². The van der Waals surface area contributed by atoms with Gasteiger partial charge in [-0.15, -0.1) is 0 Å². The molecule has 0 bridgehead atoms. The first kappa shape index (κ1) is 12.6. The maximum absolute atomic E-state index is 13.3. The minimum absolute atomic E-state index is 0.269. The van der Waals surface area contributed by atoms with E-state index in [9.17, 15) is 26.7 Å². The van der Waals surface area contributed by atoms with Crippen LogP contribution in [0.5, 0.6) is 0 Å². The Bertz CT molecular complexity index is 422. The van der Waals surface area contributed by atoms with E-state index in [0.717, 1.165) is 0 Å². The molecule has 0 aromatic heterocycles. The highest BCUT2D eigenvalue weighted by Gasteiger charge is 2.36. The van der Waals surface area contributed by atoms with Gasteiger partial charge in [-0.05, 0) is 12.1 Å². The SMILES string of the molecule is CCC(=O)c1c(F)ccc(C(F)(F)F)c1F. The summed E-state index contributed by atoms with van der Waals surface area (Å²) in [5.41, 5.74) is -2.76. The first-order valence-electron chi connectivity index (χ1n) is 4.37. The molecular weight excluding hydrogens is 231 g/mol. The first-order valence-corrected chi connectivity index (χ1v) is 4.37. The summed E-state index contributed by atoms with van der Waals surface area (Å²) in [5, 5.41) is 0. The zero-order valence-corrected chi connectivity index (χ0v) is 8.16. The zero-order chi connectivity index (χ0) is 12.5. The third kappa shape index (κ3) is 2.20. The van der Waals surface area contributed by atoms with Crippen LogP contribution in [-0.2, 0) is 6.18 Å². The molecule has 1 aromatic carbocycles. The molecule has 16 heavy (non-hydrogen) atoms. The Morgan fingerprint density at radius 2 is 1.81 bits per heavy atom. The van der Waals surface area contributed by atoms with E-state index in [-0.39, 0.29) is 12.5 Å². The average Bonchev–Trinajstić information content (AvgIpc) is 2.15. The van der Waals surface area contributed by atoms with Crippen LogP contribution in [0.1, 0.15) is 29.3 Å². The molecule has 0 aliphatic heterocycles. The van der Waals surface area contributed by atoms with Crippen molar-refractivity contribution in [1.82, 2.24) is 0 Å². The topological polar surface area (TPSA) is 17.1 Å². The summed E-state index contributed by atoms with van der Waals surface area (Å²) in [5.74, 6) is -4.13. The number of hydrogen-bond acceptors (Lipinski definition) is 1. The summed E-state index contributed by atoms with van der Waals surface area (Å²) >= 11 is 0. The molecule has 1 rings (SSSR count). The molecular formula is C10H7F5O. The summed E-state index contributed by atoms with van der Waals surface area (Å²) in [7, 11) is 0. The number of ketones is 1. The molecule has 0 saturated carbocycles. The largest absolute Gasteiger partial charge is 0.419 e. The van der Waals surface area contributed by atoms with Crippen molar-refractivity contribution < 1.29 is 26.7 Å². The minimum Gasteiger partial charge on any atom is -0.294 e. The standard InChI is InChI=1S/C10H7F5O/c1-2-7(16)8-6(11)4-3-5(9(8)12)10(13,14)15/h3-4H,2H2,1H3. The van der Waals surface area contributed by atoms with Gasteiger partial charge in [0.15, 0.2) is 5.78 Å². The molecule has 0 saturated heterocycles. The van der Waals surface area contributed by atoms with E-state index >= 15 is 0 Å². The van der Waals surface area contributed by atoms with E-state index < -0.39 is 34.7 Å². The minimum atomic E-state index is -4.94. The lowest BCUT2D eigenvalue weighted by molar-refractivity contribution is -0.140. The summed E-state index contributed by atoms with van der Waals surface area (Å²) in [6.45, 7) is 1.31. The first-order chi connectivity index (χ1) is 7.29. The third-order valence-electron chi connectivity index (χ3n) is 2.00. The highest BCUT2D eigenvalue weighted by Crippen LogP contribution is 2.33. The van der Waals surface area contributed by atoms with Crippen LogP contribution in [0.25, 0.3) is 0 Å². The number of benzene rings is 1. The number of halogens is 5. The fourth-order valence-electron chi connectivity index (χ4n) is 1.20. The van der Waals surface area contributed by atoms with Gasteiger partial charge in [0, 0.05) is 6.42 Å². The second kappa shape index (κ2) is 4.19. The maximum Gasteiger partial charge on any atom is 0.419 e. The zero-order valence-electron chi connectivity index (χ0n) is 8.16.